The summed E-state index contributed by atoms with van der Waals surface area (Å²) in [7, 11) is 0. The number of ether oxygens (including phenoxy) is 4. The molecule has 0 amide bonds. The first-order valence-electron chi connectivity index (χ1n) is 9.11. The average molecular weight is 370 g/mol. The van der Waals surface area contributed by atoms with E-state index in [0.29, 0.717) is 71.9 Å². The molecule has 0 aromatic carbocycles. The minimum atomic E-state index is -0.950. The van der Waals surface area contributed by atoms with Crippen LogP contribution in [-0.4, -0.2) is 58.1 Å². The number of hydrogen-bond acceptors (Lipinski definition) is 8. The van der Waals surface area contributed by atoms with Gasteiger partial charge in [0, 0.05) is 45.8 Å². The van der Waals surface area contributed by atoms with Crippen LogP contribution in [0.1, 0.15) is 39.5 Å². The van der Waals surface area contributed by atoms with E-state index in [1.807, 2.05) is 6.07 Å². The molecule has 2 N–H and O–H groups in total. The number of carbonyl (C=O) groups excluding carboxylic acids is 2. The van der Waals surface area contributed by atoms with E-state index < -0.39 is 16.8 Å². The summed E-state index contributed by atoms with van der Waals surface area (Å²) in [5.41, 5.74) is 4.18. The van der Waals surface area contributed by atoms with Crippen molar-refractivity contribution in [3.05, 3.63) is 0 Å². The first-order chi connectivity index (χ1) is 12.5. The van der Waals surface area contributed by atoms with Crippen LogP contribution in [0.4, 0.5) is 0 Å². The summed E-state index contributed by atoms with van der Waals surface area (Å²) < 4.78 is 20.1. The summed E-state index contributed by atoms with van der Waals surface area (Å²) in [6, 6.07) is 2.05. The molecule has 2 fully saturated rings. The molecule has 8 heteroatoms. The fourth-order valence-electron chi connectivity index (χ4n) is 2.89. The Hall–Kier alpha value is -1.69. The maximum atomic E-state index is 11.6. The molecule has 0 unspecified atom stereocenters. The van der Waals surface area contributed by atoms with Gasteiger partial charge in [0.25, 0.3) is 0 Å². The Bertz CT molecular complexity index is 490. The molecular formula is C18H30N2O6. The van der Waals surface area contributed by atoms with E-state index in [0.717, 1.165) is 0 Å². The third-order valence-corrected chi connectivity index (χ3v) is 4.78. The Labute approximate surface area is 154 Å². The van der Waals surface area contributed by atoms with Crippen molar-refractivity contribution in [2.24, 2.45) is 16.6 Å². The molecule has 2 aliphatic heterocycles. The van der Waals surface area contributed by atoms with Gasteiger partial charge in [0.05, 0.1) is 24.7 Å². The van der Waals surface area contributed by atoms with Crippen LogP contribution in [0, 0.1) is 22.2 Å². The van der Waals surface area contributed by atoms with Crippen LogP contribution < -0.4 is 5.73 Å². The standard InChI is InChI=1S/C9H17NO3.C9H13NO3/c2*1-2-13-8(11)9(7-10)3-5-12-6-4-9/h2-7,10H2,1H3;2-6H2,1H3. The van der Waals surface area contributed by atoms with Crippen LogP contribution in [0.3, 0.4) is 0 Å². The lowest BCUT2D eigenvalue weighted by Gasteiger charge is -2.33. The fourth-order valence-corrected chi connectivity index (χ4v) is 2.89. The molecule has 0 radical (unpaired) electrons. The summed E-state index contributed by atoms with van der Waals surface area (Å²) in [5.74, 6) is -0.568. The Balaban J connectivity index is 0.000000260. The zero-order chi connectivity index (χ0) is 19.5. The SMILES string of the molecule is CCOC(=O)C1(C#N)CCOCC1.CCOC(=O)C1(CN)CCOCC1. The molecular weight excluding hydrogens is 340 g/mol. The van der Waals surface area contributed by atoms with E-state index >= 15 is 0 Å². The van der Waals surface area contributed by atoms with Crippen molar-refractivity contribution in [3.8, 4) is 6.07 Å². The molecule has 0 spiro atoms. The van der Waals surface area contributed by atoms with Gasteiger partial charge in [-0.05, 0) is 26.7 Å². The largest absolute Gasteiger partial charge is 0.466 e. The lowest BCUT2D eigenvalue weighted by Crippen LogP contribution is -2.44. The number of hydrogen-bond donors (Lipinski definition) is 1. The van der Waals surface area contributed by atoms with Gasteiger partial charge in [-0.15, -0.1) is 0 Å². The maximum absolute atomic E-state index is 11.6. The van der Waals surface area contributed by atoms with E-state index in [-0.39, 0.29) is 5.97 Å². The van der Waals surface area contributed by atoms with E-state index in [1.54, 1.807) is 13.8 Å². The average Bonchev–Trinajstić information content (AvgIpc) is 2.70. The van der Waals surface area contributed by atoms with E-state index in [1.165, 1.54) is 0 Å². The molecule has 0 atom stereocenters. The highest BCUT2D eigenvalue weighted by molar-refractivity contribution is 5.80. The predicted molar refractivity (Wildman–Crippen MR) is 92.9 cm³/mol. The van der Waals surface area contributed by atoms with Gasteiger partial charge in [0.15, 0.2) is 5.41 Å². The van der Waals surface area contributed by atoms with E-state index in [4.69, 9.17) is 29.9 Å². The number of carbonyl (C=O) groups is 2. The third-order valence-electron chi connectivity index (χ3n) is 4.78. The number of esters is 2. The minimum Gasteiger partial charge on any atom is -0.466 e. The molecule has 0 saturated carbocycles. The van der Waals surface area contributed by atoms with Gasteiger partial charge < -0.3 is 24.7 Å². The number of nitriles is 1. The Morgan fingerprint density at radius 2 is 1.42 bits per heavy atom. The Morgan fingerprint density at radius 3 is 1.85 bits per heavy atom. The lowest BCUT2D eigenvalue weighted by atomic mass is 9.80. The third kappa shape index (κ3) is 5.66. The van der Waals surface area contributed by atoms with Crippen LogP contribution in [0.2, 0.25) is 0 Å². The normalized spacial score (nSPS) is 20.7. The van der Waals surface area contributed by atoms with E-state index in [9.17, 15) is 9.59 Å². The van der Waals surface area contributed by atoms with Crippen LogP contribution in [0.5, 0.6) is 0 Å². The van der Waals surface area contributed by atoms with Crippen LogP contribution in [0.15, 0.2) is 0 Å². The van der Waals surface area contributed by atoms with Crippen molar-refractivity contribution in [1.82, 2.24) is 0 Å². The summed E-state index contributed by atoms with van der Waals surface area (Å²) in [4.78, 5) is 23.0. The molecule has 2 saturated heterocycles. The van der Waals surface area contributed by atoms with Crippen molar-refractivity contribution < 1.29 is 28.5 Å². The summed E-state index contributed by atoms with van der Waals surface area (Å²) in [6.07, 6.45) is 2.26. The molecule has 8 nitrogen and oxygen atoms in total. The monoisotopic (exact) mass is 370 g/mol. The van der Waals surface area contributed by atoms with Gasteiger partial charge in [-0.25, -0.2) is 0 Å². The smallest absolute Gasteiger partial charge is 0.326 e. The molecule has 0 aliphatic carbocycles. The molecule has 26 heavy (non-hydrogen) atoms. The molecule has 0 aromatic heterocycles. The van der Waals surface area contributed by atoms with Gasteiger partial charge in [0.2, 0.25) is 0 Å². The predicted octanol–water partition coefficient (Wildman–Crippen LogP) is 1.17. The van der Waals surface area contributed by atoms with Gasteiger partial charge in [-0.3, -0.25) is 9.59 Å². The molecule has 148 valence electrons. The molecule has 2 aliphatic rings. The van der Waals surface area contributed by atoms with Gasteiger partial charge in [-0.1, -0.05) is 0 Å². The summed E-state index contributed by atoms with van der Waals surface area (Å²) in [6.45, 7) is 6.79. The van der Waals surface area contributed by atoms with Crippen molar-refractivity contribution in [2.75, 3.05) is 46.2 Å². The van der Waals surface area contributed by atoms with Crippen LogP contribution in [-0.2, 0) is 28.5 Å². The highest BCUT2D eigenvalue weighted by atomic mass is 16.5. The van der Waals surface area contributed by atoms with Gasteiger partial charge in [-0.2, -0.15) is 5.26 Å². The second-order valence-corrected chi connectivity index (χ2v) is 6.34. The number of rotatable bonds is 5. The lowest BCUT2D eigenvalue weighted by molar-refractivity contribution is -0.160. The topological polar surface area (TPSA) is 121 Å². The summed E-state index contributed by atoms with van der Waals surface area (Å²) >= 11 is 0. The van der Waals surface area contributed by atoms with E-state index in [2.05, 4.69) is 0 Å². The van der Waals surface area contributed by atoms with Gasteiger partial charge in [0.1, 0.15) is 0 Å². The van der Waals surface area contributed by atoms with Crippen molar-refractivity contribution >= 4 is 11.9 Å². The molecule has 2 heterocycles. The first kappa shape index (κ1) is 22.4. The van der Waals surface area contributed by atoms with Crippen molar-refractivity contribution in [1.29, 1.82) is 5.26 Å². The van der Waals surface area contributed by atoms with Crippen LogP contribution in [0.25, 0.3) is 0 Å². The summed E-state index contributed by atoms with van der Waals surface area (Å²) in [5, 5.41) is 8.93. The molecule has 0 bridgehead atoms. The quantitative estimate of drug-likeness (QED) is 0.716. The van der Waals surface area contributed by atoms with Crippen molar-refractivity contribution in [3.63, 3.8) is 0 Å². The molecule has 0 aromatic rings. The molecule has 2 rings (SSSR count). The van der Waals surface area contributed by atoms with Crippen molar-refractivity contribution in [2.45, 2.75) is 39.5 Å². The first-order valence-corrected chi connectivity index (χ1v) is 9.11. The Kier molecular flexibility index (Phi) is 9.55. The number of nitrogens with zero attached hydrogens (tertiary/aromatic N) is 1. The Morgan fingerprint density at radius 1 is 0.962 bits per heavy atom. The van der Waals surface area contributed by atoms with Crippen LogP contribution >= 0.6 is 0 Å². The zero-order valence-corrected chi connectivity index (χ0v) is 15.8. The second kappa shape index (κ2) is 11.1. The highest BCUT2D eigenvalue weighted by Crippen LogP contribution is 2.31. The maximum Gasteiger partial charge on any atom is 0.326 e. The fraction of sp³-hybridized carbons (Fsp3) is 0.833. The number of nitrogens with two attached hydrogens (primary N) is 1. The minimum absolute atomic E-state index is 0.166. The highest BCUT2D eigenvalue weighted by Gasteiger charge is 2.42. The zero-order valence-electron chi connectivity index (χ0n) is 15.8. The second-order valence-electron chi connectivity index (χ2n) is 6.34. The van der Waals surface area contributed by atoms with Gasteiger partial charge >= 0.3 is 11.9 Å².